The second kappa shape index (κ2) is 11.0. The van der Waals surface area contributed by atoms with Crippen molar-refractivity contribution >= 4 is 63.7 Å². The molecule has 0 saturated carbocycles. The van der Waals surface area contributed by atoms with Gasteiger partial charge in [0.1, 0.15) is 6.17 Å². The minimum Gasteiger partial charge on any atom is -0.339 e. The normalized spacial score (nSPS) is 12.0. The summed E-state index contributed by atoms with van der Waals surface area (Å²) in [5.41, 5.74) is 4.84. The quantitative estimate of drug-likeness (QED) is 0.218. The highest BCUT2D eigenvalue weighted by atomic mass is 35.6. The number of hydrogen-bond donors (Lipinski definition) is 3. The molecule has 0 saturated heterocycles. The molecule has 1 atom stereocenters. The van der Waals surface area contributed by atoms with E-state index >= 15 is 0 Å². The van der Waals surface area contributed by atoms with Gasteiger partial charge in [0.25, 0.3) is 0 Å². The van der Waals surface area contributed by atoms with Gasteiger partial charge in [0, 0.05) is 5.69 Å². The summed E-state index contributed by atoms with van der Waals surface area (Å²) in [7, 11) is 0. The third-order valence-electron chi connectivity index (χ3n) is 4.73. The number of carbonyl (C=O) groups excluding carboxylic acids is 1. The number of anilines is 1. The van der Waals surface area contributed by atoms with Crippen LogP contribution in [-0.4, -0.2) is 21.0 Å². The van der Waals surface area contributed by atoms with Crippen LogP contribution in [0.1, 0.15) is 11.1 Å². The molecular formula is C24H22Cl3N3OS. The van der Waals surface area contributed by atoms with Crippen LogP contribution in [0.15, 0.2) is 78.9 Å². The molecule has 0 aliphatic carbocycles. The van der Waals surface area contributed by atoms with Gasteiger partial charge in [-0.15, -0.1) is 0 Å². The Morgan fingerprint density at radius 2 is 1.47 bits per heavy atom. The van der Waals surface area contributed by atoms with Crippen LogP contribution < -0.4 is 16.0 Å². The lowest BCUT2D eigenvalue weighted by atomic mass is 10.0. The maximum atomic E-state index is 12.6. The smallest absolute Gasteiger partial charge is 0.228 e. The average molecular weight is 507 g/mol. The molecule has 0 bridgehead atoms. The zero-order valence-electron chi connectivity index (χ0n) is 17.2. The number of para-hydroxylation sites is 1. The summed E-state index contributed by atoms with van der Waals surface area (Å²) < 4.78 is -1.82. The second-order valence-electron chi connectivity index (χ2n) is 7.20. The number of benzene rings is 3. The van der Waals surface area contributed by atoms with Crippen molar-refractivity contribution in [1.29, 1.82) is 0 Å². The first kappa shape index (κ1) is 24.3. The summed E-state index contributed by atoms with van der Waals surface area (Å²) in [5, 5.41) is 8.86. The summed E-state index contributed by atoms with van der Waals surface area (Å²) >= 11 is 23.6. The van der Waals surface area contributed by atoms with Crippen molar-refractivity contribution in [2.75, 3.05) is 5.32 Å². The van der Waals surface area contributed by atoms with Crippen LogP contribution in [-0.2, 0) is 11.2 Å². The van der Waals surface area contributed by atoms with Gasteiger partial charge in [-0.25, -0.2) is 0 Å². The lowest BCUT2D eigenvalue weighted by Crippen LogP contribution is -2.56. The fourth-order valence-corrected chi connectivity index (χ4v) is 3.60. The van der Waals surface area contributed by atoms with Crippen molar-refractivity contribution in [2.24, 2.45) is 0 Å². The Balaban J connectivity index is 1.61. The molecule has 0 radical (unpaired) electrons. The number of alkyl halides is 3. The molecule has 8 heteroatoms. The number of amides is 1. The second-order valence-corrected chi connectivity index (χ2v) is 9.97. The number of thiocarbonyl (C=S) groups is 1. The Morgan fingerprint density at radius 3 is 2.09 bits per heavy atom. The van der Waals surface area contributed by atoms with Crippen LogP contribution in [0.3, 0.4) is 0 Å². The van der Waals surface area contributed by atoms with Gasteiger partial charge in [-0.2, -0.15) is 0 Å². The van der Waals surface area contributed by atoms with E-state index in [-0.39, 0.29) is 17.4 Å². The van der Waals surface area contributed by atoms with E-state index in [1.54, 1.807) is 0 Å². The van der Waals surface area contributed by atoms with Crippen molar-refractivity contribution in [3.05, 3.63) is 90.0 Å². The molecule has 0 aliphatic heterocycles. The average Bonchev–Trinajstić information content (AvgIpc) is 2.75. The number of rotatable bonds is 6. The van der Waals surface area contributed by atoms with Crippen LogP contribution in [0.25, 0.3) is 11.1 Å². The van der Waals surface area contributed by atoms with Gasteiger partial charge in [0.2, 0.25) is 9.70 Å². The van der Waals surface area contributed by atoms with E-state index in [4.69, 9.17) is 47.0 Å². The first-order chi connectivity index (χ1) is 15.2. The molecule has 3 rings (SSSR count). The van der Waals surface area contributed by atoms with E-state index in [0.29, 0.717) is 0 Å². The lowest BCUT2D eigenvalue weighted by molar-refractivity contribution is -0.121. The fourth-order valence-electron chi connectivity index (χ4n) is 3.05. The molecule has 4 nitrogen and oxygen atoms in total. The van der Waals surface area contributed by atoms with Crippen molar-refractivity contribution < 1.29 is 4.79 Å². The molecule has 0 fully saturated rings. The van der Waals surface area contributed by atoms with Crippen molar-refractivity contribution in [1.82, 2.24) is 10.6 Å². The maximum absolute atomic E-state index is 12.6. The summed E-state index contributed by atoms with van der Waals surface area (Å²) in [5.74, 6) is -0.306. The maximum Gasteiger partial charge on any atom is 0.228 e. The number of hydrogen-bond acceptors (Lipinski definition) is 2. The molecule has 0 aromatic heterocycles. The zero-order chi connectivity index (χ0) is 23.1. The molecule has 0 heterocycles. The standard InChI is InChI=1S/C24H22Cl3N3OS/c1-16-7-5-6-10-20(16)28-23(32)30-22(24(25,26)27)29-21(31)15-17-11-13-19(14-12-17)18-8-3-2-4-9-18/h2-14,22H,15H2,1H3,(H,29,31)(H2,28,30,32). The molecule has 0 spiro atoms. The third kappa shape index (κ3) is 7.10. The number of carbonyl (C=O) groups is 1. The lowest BCUT2D eigenvalue weighted by Gasteiger charge is -2.28. The van der Waals surface area contributed by atoms with E-state index in [1.807, 2.05) is 85.8 Å². The Labute approximate surface area is 208 Å². The van der Waals surface area contributed by atoms with Crippen molar-refractivity contribution in [2.45, 2.75) is 23.3 Å². The van der Waals surface area contributed by atoms with Crippen LogP contribution in [0.4, 0.5) is 5.69 Å². The van der Waals surface area contributed by atoms with Gasteiger partial charge in [0.15, 0.2) is 5.11 Å². The predicted octanol–water partition coefficient (Wildman–Crippen LogP) is 6.00. The van der Waals surface area contributed by atoms with E-state index in [9.17, 15) is 4.79 Å². The van der Waals surface area contributed by atoms with E-state index in [1.165, 1.54) is 0 Å². The summed E-state index contributed by atoms with van der Waals surface area (Å²) in [6.07, 6.45) is -0.890. The first-order valence-electron chi connectivity index (χ1n) is 9.86. The van der Waals surface area contributed by atoms with Crippen molar-refractivity contribution in [3.8, 4) is 11.1 Å². The monoisotopic (exact) mass is 505 g/mol. The van der Waals surface area contributed by atoms with Crippen LogP contribution in [0.2, 0.25) is 0 Å². The van der Waals surface area contributed by atoms with E-state index in [2.05, 4.69) is 16.0 Å². The van der Waals surface area contributed by atoms with Gasteiger partial charge < -0.3 is 16.0 Å². The van der Waals surface area contributed by atoms with Crippen LogP contribution in [0, 0.1) is 6.92 Å². The Bertz CT molecular complexity index is 1070. The van der Waals surface area contributed by atoms with Gasteiger partial charge in [-0.1, -0.05) is 108 Å². The Kier molecular flexibility index (Phi) is 8.38. The first-order valence-corrected chi connectivity index (χ1v) is 11.4. The summed E-state index contributed by atoms with van der Waals surface area (Å²) in [6.45, 7) is 1.95. The van der Waals surface area contributed by atoms with Crippen LogP contribution in [0.5, 0.6) is 0 Å². The minimum absolute atomic E-state index is 0.131. The van der Waals surface area contributed by atoms with Gasteiger partial charge in [-0.05, 0) is 47.5 Å². The highest BCUT2D eigenvalue weighted by Crippen LogP contribution is 2.29. The van der Waals surface area contributed by atoms with Crippen molar-refractivity contribution in [3.63, 3.8) is 0 Å². The zero-order valence-corrected chi connectivity index (χ0v) is 20.3. The molecule has 3 N–H and O–H groups in total. The molecule has 32 heavy (non-hydrogen) atoms. The molecule has 3 aromatic carbocycles. The van der Waals surface area contributed by atoms with E-state index < -0.39 is 9.96 Å². The predicted molar refractivity (Wildman–Crippen MR) is 138 cm³/mol. The molecule has 0 aliphatic rings. The third-order valence-corrected chi connectivity index (χ3v) is 5.60. The Morgan fingerprint density at radius 1 is 0.875 bits per heavy atom. The number of aryl methyl sites for hydroxylation is 1. The molecule has 166 valence electrons. The largest absolute Gasteiger partial charge is 0.339 e. The van der Waals surface area contributed by atoms with Crippen LogP contribution >= 0.6 is 47.0 Å². The molecular weight excluding hydrogens is 485 g/mol. The van der Waals surface area contributed by atoms with Gasteiger partial charge >= 0.3 is 0 Å². The molecule has 1 unspecified atom stereocenters. The van der Waals surface area contributed by atoms with E-state index in [0.717, 1.165) is 27.9 Å². The van der Waals surface area contributed by atoms with Gasteiger partial charge in [-0.3, -0.25) is 4.79 Å². The SMILES string of the molecule is Cc1ccccc1NC(=S)NC(NC(=O)Cc1ccc(-c2ccccc2)cc1)C(Cl)(Cl)Cl. The number of nitrogens with one attached hydrogen (secondary N) is 3. The topological polar surface area (TPSA) is 53.2 Å². The van der Waals surface area contributed by atoms with Gasteiger partial charge in [0.05, 0.1) is 6.42 Å². The Hall–Kier alpha value is -2.31. The summed E-state index contributed by atoms with van der Waals surface area (Å²) in [6, 6.07) is 25.4. The fraction of sp³-hybridized carbons (Fsp3) is 0.167. The minimum atomic E-state index is -1.82. The highest BCUT2D eigenvalue weighted by Gasteiger charge is 2.34. The highest BCUT2D eigenvalue weighted by molar-refractivity contribution is 7.80. The molecule has 3 aromatic rings. The number of halogens is 3. The summed E-state index contributed by atoms with van der Waals surface area (Å²) in [4.78, 5) is 12.6. The molecule has 1 amide bonds.